The highest BCUT2D eigenvalue weighted by atomic mass is 16.1. The molecule has 0 spiro atoms. The molecule has 2 fully saturated rings. The van der Waals surface area contributed by atoms with E-state index >= 15 is 0 Å². The summed E-state index contributed by atoms with van der Waals surface area (Å²) in [5, 5.41) is 0. The van der Waals surface area contributed by atoms with Crippen LogP contribution in [0.25, 0.3) is 0 Å². The molecule has 3 rings (SSSR count). The molecule has 2 aliphatic rings. The average Bonchev–Trinajstić information content (AvgIpc) is 2.86. The van der Waals surface area contributed by atoms with Gasteiger partial charge in [-0.15, -0.1) is 0 Å². The van der Waals surface area contributed by atoms with Crippen molar-refractivity contribution in [3.63, 3.8) is 0 Å². The number of aliphatic imine (C=N–C) groups is 1. The van der Waals surface area contributed by atoms with Crippen molar-refractivity contribution in [1.29, 1.82) is 0 Å². The molecule has 19 heavy (non-hydrogen) atoms. The number of carbonyl (C=O) groups excluding carboxylic acids is 1. The number of rotatable bonds is 3. The molecule has 100 valence electrons. The van der Waals surface area contributed by atoms with Crippen LogP contribution in [0.4, 0.5) is 0 Å². The zero-order valence-corrected chi connectivity index (χ0v) is 11.4. The van der Waals surface area contributed by atoms with Gasteiger partial charge in [0, 0.05) is 19.0 Å². The molecule has 3 nitrogen and oxygen atoms in total. The molecule has 3 heteroatoms. The van der Waals surface area contributed by atoms with E-state index in [4.69, 9.17) is 0 Å². The van der Waals surface area contributed by atoms with Crippen LogP contribution in [-0.2, 0) is 10.3 Å². The van der Waals surface area contributed by atoms with Gasteiger partial charge in [0.05, 0.1) is 5.54 Å². The smallest absolute Gasteiger partial charge is 0.235 e. The van der Waals surface area contributed by atoms with Crippen molar-refractivity contribution < 1.29 is 4.79 Å². The maximum Gasteiger partial charge on any atom is 0.235 e. The van der Waals surface area contributed by atoms with E-state index in [1.54, 1.807) is 6.08 Å². The molecular formula is C16H20N2O. The Morgan fingerprint density at radius 3 is 2.68 bits per heavy atom. The van der Waals surface area contributed by atoms with Crippen molar-refractivity contribution in [3.8, 4) is 0 Å². The standard InChI is InChI=1S/C16H20N2O/c1-18-10-14(11-18)13-5-4-6-15(9-13)16(17-12-19)7-2-3-8-16/h4-6,9,14H,2-3,7-8,10-11H2,1H3. The summed E-state index contributed by atoms with van der Waals surface area (Å²) in [5.74, 6) is 0.642. The lowest BCUT2D eigenvalue weighted by Gasteiger charge is -2.37. The summed E-state index contributed by atoms with van der Waals surface area (Å²) in [6.07, 6.45) is 6.07. The number of likely N-dealkylation sites (tertiary alicyclic amines) is 1. The molecule has 0 unspecified atom stereocenters. The third-order valence-corrected chi connectivity index (χ3v) is 4.65. The molecule has 1 aliphatic heterocycles. The second-order valence-electron chi connectivity index (χ2n) is 5.99. The maximum absolute atomic E-state index is 10.8. The summed E-state index contributed by atoms with van der Waals surface area (Å²) in [7, 11) is 2.15. The number of likely N-dealkylation sites (N-methyl/N-ethyl adjacent to an activating group) is 1. The van der Waals surface area contributed by atoms with Gasteiger partial charge in [-0.25, -0.2) is 4.79 Å². The van der Waals surface area contributed by atoms with Gasteiger partial charge in [0.1, 0.15) is 0 Å². The summed E-state index contributed by atoms with van der Waals surface area (Å²) in [6.45, 7) is 2.26. The minimum Gasteiger partial charge on any atom is -0.305 e. The molecular weight excluding hydrogens is 236 g/mol. The Hall–Kier alpha value is -1.44. The quantitative estimate of drug-likeness (QED) is 0.615. The molecule has 1 aromatic rings. The molecule has 0 N–H and O–H groups in total. The highest BCUT2D eigenvalue weighted by molar-refractivity contribution is 5.40. The third kappa shape index (κ3) is 2.24. The topological polar surface area (TPSA) is 32.7 Å². The lowest BCUT2D eigenvalue weighted by atomic mass is 9.84. The predicted octanol–water partition coefficient (Wildman–Crippen LogP) is 2.82. The van der Waals surface area contributed by atoms with Crippen LogP contribution in [0.15, 0.2) is 29.3 Å². The Kier molecular flexibility index (Phi) is 3.26. The van der Waals surface area contributed by atoms with Crippen LogP contribution >= 0.6 is 0 Å². The van der Waals surface area contributed by atoms with Crippen LogP contribution in [0.1, 0.15) is 42.7 Å². The first-order valence-corrected chi connectivity index (χ1v) is 7.11. The molecule has 0 amide bonds. The molecule has 0 aromatic heterocycles. The number of hydrogen-bond acceptors (Lipinski definition) is 3. The SMILES string of the molecule is CN1CC(c2cccc(C3(N=C=O)CCCC3)c2)C1. The molecule has 0 atom stereocenters. The van der Waals surface area contributed by atoms with E-state index in [0.717, 1.165) is 38.8 Å². The second-order valence-corrected chi connectivity index (χ2v) is 5.99. The summed E-state index contributed by atoms with van der Waals surface area (Å²) in [5.41, 5.74) is 2.32. The van der Waals surface area contributed by atoms with Gasteiger partial charge in [0.25, 0.3) is 0 Å². The molecule has 0 bridgehead atoms. The van der Waals surface area contributed by atoms with Crippen molar-refractivity contribution >= 4 is 6.08 Å². The van der Waals surface area contributed by atoms with Gasteiger partial charge in [-0.3, -0.25) is 0 Å². The van der Waals surface area contributed by atoms with Gasteiger partial charge in [-0.2, -0.15) is 4.99 Å². The molecule has 1 saturated heterocycles. The fourth-order valence-corrected chi connectivity index (χ4v) is 3.50. The van der Waals surface area contributed by atoms with Gasteiger partial charge >= 0.3 is 0 Å². The van der Waals surface area contributed by atoms with Gasteiger partial charge in [-0.1, -0.05) is 37.1 Å². The number of hydrogen-bond donors (Lipinski definition) is 0. The van der Waals surface area contributed by atoms with Crippen LogP contribution < -0.4 is 0 Å². The lowest BCUT2D eigenvalue weighted by molar-refractivity contribution is 0.189. The minimum absolute atomic E-state index is 0.284. The zero-order chi connectivity index (χ0) is 13.3. The Morgan fingerprint density at radius 2 is 2.05 bits per heavy atom. The average molecular weight is 256 g/mol. The van der Waals surface area contributed by atoms with E-state index in [9.17, 15) is 4.79 Å². The van der Waals surface area contributed by atoms with Gasteiger partial charge in [0.15, 0.2) is 0 Å². The number of nitrogens with zero attached hydrogens (tertiary/aromatic N) is 2. The van der Waals surface area contributed by atoms with Crippen LogP contribution in [0.2, 0.25) is 0 Å². The van der Waals surface area contributed by atoms with E-state index in [1.807, 2.05) is 0 Å². The zero-order valence-electron chi connectivity index (χ0n) is 11.4. The lowest BCUT2D eigenvalue weighted by Crippen LogP contribution is -2.41. The second kappa shape index (κ2) is 4.92. The highest BCUT2D eigenvalue weighted by Crippen LogP contribution is 2.43. The van der Waals surface area contributed by atoms with Crippen LogP contribution in [0.5, 0.6) is 0 Å². The van der Waals surface area contributed by atoms with E-state index in [0.29, 0.717) is 5.92 Å². The number of isocyanates is 1. The number of benzene rings is 1. The van der Waals surface area contributed by atoms with Crippen LogP contribution in [0, 0.1) is 0 Å². The summed E-state index contributed by atoms with van der Waals surface area (Å²) >= 11 is 0. The molecule has 1 aliphatic carbocycles. The highest BCUT2D eigenvalue weighted by Gasteiger charge is 2.36. The normalized spacial score (nSPS) is 22.8. The Labute approximate surface area is 114 Å². The van der Waals surface area contributed by atoms with Gasteiger partial charge in [0.2, 0.25) is 6.08 Å². The van der Waals surface area contributed by atoms with Crippen molar-refractivity contribution in [2.45, 2.75) is 37.1 Å². The largest absolute Gasteiger partial charge is 0.305 e. The van der Waals surface area contributed by atoms with Crippen molar-refractivity contribution in [2.24, 2.45) is 4.99 Å². The Morgan fingerprint density at radius 1 is 1.32 bits per heavy atom. The first kappa shape index (κ1) is 12.6. The van der Waals surface area contributed by atoms with Gasteiger partial charge < -0.3 is 4.90 Å². The Balaban J connectivity index is 1.91. The van der Waals surface area contributed by atoms with Crippen molar-refractivity contribution in [3.05, 3.63) is 35.4 Å². The fourth-order valence-electron chi connectivity index (χ4n) is 3.50. The monoisotopic (exact) mass is 256 g/mol. The molecule has 1 heterocycles. The third-order valence-electron chi connectivity index (χ3n) is 4.65. The van der Waals surface area contributed by atoms with Gasteiger partial charge in [-0.05, 0) is 31.0 Å². The van der Waals surface area contributed by atoms with Crippen molar-refractivity contribution in [1.82, 2.24) is 4.90 Å². The van der Waals surface area contributed by atoms with E-state index in [2.05, 4.69) is 41.2 Å². The summed E-state index contributed by atoms with van der Waals surface area (Å²) in [6, 6.07) is 8.71. The van der Waals surface area contributed by atoms with E-state index < -0.39 is 0 Å². The Bertz CT molecular complexity index is 507. The van der Waals surface area contributed by atoms with Crippen molar-refractivity contribution in [2.75, 3.05) is 20.1 Å². The van der Waals surface area contributed by atoms with Crippen LogP contribution in [0.3, 0.4) is 0 Å². The fraction of sp³-hybridized carbons (Fsp3) is 0.562. The first-order chi connectivity index (χ1) is 9.23. The summed E-state index contributed by atoms with van der Waals surface area (Å²) < 4.78 is 0. The predicted molar refractivity (Wildman–Crippen MR) is 74.9 cm³/mol. The summed E-state index contributed by atoms with van der Waals surface area (Å²) in [4.78, 5) is 17.3. The molecule has 1 saturated carbocycles. The minimum atomic E-state index is -0.284. The van der Waals surface area contributed by atoms with E-state index in [-0.39, 0.29) is 5.54 Å². The first-order valence-electron chi connectivity index (χ1n) is 7.11. The molecule has 0 radical (unpaired) electrons. The molecule has 1 aromatic carbocycles. The van der Waals surface area contributed by atoms with Crippen LogP contribution in [-0.4, -0.2) is 31.1 Å². The van der Waals surface area contributed by atoms with E-state index in [1.165, 1.54) is 11.1 Å². The maximum atomic E-state index is 10.8.